The van der Waals surface area contributed by atoms with E-state index in [9.17, 15) is 4.79 Å². The first-order valence-corrected chi connectivity index (χ1v) is 4.34. The second kappa shape index (κ2) is 10.2. The van der Waals surface area contributed by atoms with Gasteiger partial charge in [-0.05, 0) is 0 Å². The van der Waals surface area contributed by atoms with Gasteiger partial charge in [-0.25, -0.2) is 10.2 Å². The summed E-state index contributed by atoms with van der Waals surface area (Å²) in [6.45, 7) is 2.86. The molecule has 0 atom stereocenters. The summed E-state index contributed by atoms with van der Waals surface area (Å²) in [5, 5.41) is 8.17. The van der Waals surface area contributed by atoms with Gasteiger partial charge in [0.15, 0.2) is 0 Å². The van der Waals surface area contributed by atoms with Crippen LogP contribution in [0.5, 0.6) is 0 Å². The van der Waals surface area contributed by atoms with Crippen LogP contribution in [0, 0.1) is 0 Å². The molecule has 84 valence electrons. The average Bonchev–Trinajstić information content (AvgIpc) is 2.15. The molecule has 0 fully saturated rings. The molecule has 0 spiro atoms. The minimum Gasteiger partial charge on any atom is -0.464 e. The molecule has 0 saturated heterocycles. The molecule has 5 N–H and O–H groups in total. The van der Waals surface area contributed by atoms with Crippen molar-refractivity contribution in [3.05, 3.63) is 0 Å². The average molecular weight is 207 g/mol. The fourth-order valence-electron chi connectivity index (χ4n) is 0.667. The van der Waals surface area contributed by atoms with E-state index < -0.39 is 6.09 Å². The molecular formula is C7H17N3O4. The van der Waals surface area contributed by atoms with Crippen LogP contribution >= 0.6 is 0 Å². The first-order chi connectivity index (χ1) is 6.77. The minimum atomic E-state index is -1.11. The van der Waals surface area contributed by atoms with Crippen molar-refractivity contribution in [2.75, 3.05) is 39.5 Å². The molecule has 0 aliphatic carbocycles. The second-order valence-electron chi connectivity index (χ2n) is 2.37. The highest BCUT2D eigenvalue weighted by atomic mass is 16.5. The highest BCUT2D eigenvalue weighted by molar-refractivity contribution is 5.63. The molecule has 0 aromatic carbocycles. The predicted molar refractivity (Wildman–Crippen MR) is 49.9 cm³/mol. The van der Waals surface area contributed by atoms with E-state index in [4.69, 9.17) is 20.3 Å². The largest absolute Gasteiger partial charge is 0.464 e. The zero-order valence-corrected chi connectivity index (χ0v) is 7.99. The summed E-state index contributed by atoms with van der Waals surface area (Å²) in [6, 6.07) is 0. The zero-order chi connectivity index (χ0) is 10.6. The van der Waals surface area contributed by atoms with E-state index in [1.165, 1.54) is 0 Å². The summed E-state index contributed by atoms with van der Waals surface area (Å²) in [7, 11) is 0. The van der Waals surface area contributed by atoms with Gasteiger partial charge in [0.1, 0.15) is 0 Å². The van der Waals surface area contributed by atoms with Crippen LogP contribution in [0.4, 0.5) is 4.79 Å². The summed E-state index contributed by atoms with van der Waals surface area (Å²) < 4.78 is 10.1. The van der Waals surface area contributed by atoms with Crippen LogP contribution in [0.1, 0.15) is 0 Å². The number of hydrogen-bond donors (Lipinski definition) is 4. The topological polar surface area (TPSA) is 106 Å². The molecule has 0 radical (unpaired) electrons. The van der Waals surface area contributed by atoms with Crippen LogP contribution in [0.15, 0.2) is 0 Å². The molecule has 14 heavy (non-hydrogen) atoms. The molecule has 0 unspecified atom stereocenters. The van der Waals surface area contributed by atoms with Crippen LogP contribution < -0.4 is 16.6 Å². The standard InChI is InChI=1S/C7H17N3O4/c8-1-3-13-5-6-14-4-2-9-10-7(11)12/h9-10H,1-6,8H2,(H,11,12). The monoisotopic (exact) mass is 207 g/mol. The molecule has 0 rings (SSSR count). The van der Waals surface area contributed by atoms with Gasteiger partial charge in [0, 0.05) is 13.1 Å². The SMILES string of the molecule is NCCOCCOCCNNC(=O)O. The van der Waals surface area contributed by atoms with Crippen LogP contribution in [0.25, 0.3) is 0 Å². The van der Waals surface area contributed by atoms with E-state index in [1.807, 2.05) is 5.43 Å². The summed E-state index contributed by atoms with van der Waals surface area (Å²) in [4.78, 5) is 9.96. The van der Waals surface area contributed by atoms with E-state index in [1.54, 1.807) is 0 Å². The molecule has 0 heterocycles. The van der Waals surface area contributed by atoms with Gasteiger partial charge < -0.3 is 20.3 Å². The van der Waals surface area contributed by atoms with Gasteiger partial charge in [0.2, 0.25) is 0 Å². The Morgan fingerprint density at radius 1 is 1.21 bits per heavy atom. The Morgan fingerprint density at radius 3 is 2.43 bits per heavy atom. The van der Waals surface area contributed by atoms with E-state index in [0.717, 1.165) is 0 Å². The third-order valence-corrected chi connectivity index (χ3v) is 1.20. The Bertz CT molecular complexity index is 145. The van der Waals surface area contributed by atoms with Crippen molar-refractivity contribution in [2.24, 2.45) is 5.73 Å². The van der Waals surface area contributed by atoms with Crippen molar-refractivity contribution >= 4 is 6.09 Å². The van der Waals surface area contributed by atoms with Gasteiger partial charge in [-0.3, -0.25) is 5.43 Å². The van der Waals surface area contributed by atoms with Gasteiger partial charge in [0.25, 0.3) is 0 Å². The van der Waals surface area contributed by atoms with E-state index >= 15 is 0 Å². The summed E-state index contributed by atoms with van der Waals surface area (Å²) >= 11 is 0. The van der Waals surface area contributed by atoms with Gasteiger partial charge in [-0.15, -0.1) is 0 Å². The number of nitrogens with two attached hydrogens (primary N) is 1. The highest BCUT2D eigenvalue weighted by Gasteiger charge is 1.92. The smallest absolute Gasteiger partial charge is 0.419 e. The Morgan fingerprint density at radius 2 is 1.86 bits per heavy atom. The lowest BCUT2D eigenvalue weighted by atomic mass is 10.7. The van der Waals surface area contributed by atoms with E-state index in [-0.39, 0.29) is 0 Å². The molecule has 0 aromatic heterocycles. The Kier molecular flexibility index (Phi) is 9.54. The number of carboxylic acid groups (broad SMARTS) is 1. The zero-order valence-electron chi connectivity index (χ0n) is 7.99. The lowest BCUT2D eigenvalue weighted by molar-refractivity contribution is 0.0510. The predicted octanol–water partition coefficient (Wildman–Crippen LogP) is -1.25. The van der Waals surface area contributed by atoms with Crippen molar-refractivity contribution in [2.45, 2.75) is 0 Å². The number of rotatable bonds is 9. The quantitative estimate of drug-likeness (QED) is 0.278. The van der Waals surface area contributed by atoms with Crippen molar-refractivity contribution in [3.63, 3.8) is 0 Å². The number of nitrogens with one attached hydrogen (secondary N) is 2. The van der Waals surface area contributed by atoms with Gasteiger partial charge in [0.05, 0.1) is 26.4 Å². The third-order valence-electron chi connectivity index (χ3n) is 1.20. The summed E-state index contributed by atoms with van der Waals surface area (Å²) in [5.41, 5.74) is 9.64. The van der Waals surface area contributed by atoms with Crippen molar-refractivity contribution in [1.29, 1.82) is 0 Å². The number of hydrogen-bond acceptors (Lipinski definition) is 5. The highest BCUT2D eigenvalue weighted by Crippen LogP contribution is 1.76. The first-order valence-electron chi connectivity index (χ1n) is 4.34. The van der Waals surface area contributed by atoms with Gasteiger partial charge in [-0.1, -0.05) is 0 Å². The Balaban J connectivity index is 2.88. The Labute approximate surface area is 82.5 Å². The third kappa shape index (κ3) is 11.1. The lowest BCUT2D eigenvalue weighted by Gasteiger charge is -2.05. The molecular weight excluding hydrogens is 190 g/mol. The van der Waals surface area contributed by atoms with Crippen molar-refractivity contribution < 1.29 is 19.4 Å². The van der Waals surface area contributed by atoms with Crippen molar-refractivity contribution in [1.82, 2.24) is 10.9 Å². The van der Waals surface area contributed by atoms with Gasteiger partial charge in [-0.2, -0.15) is 0 Å². The number of ether oxygens (including phenoxy) is 2. The van der Waals surface area contributed by atoms with Crippen molar-refractivity contribution in [3.8, 4) is 0 Å². The maximum Gasteiger partial charge on any atom is 0.419 e. The second-order valence-corrected chi connectivity index (χ2v) is 2.37. The van der Waals surface area contributed by atoms with Crippen LogP contribution in [0.3, 0.4) is 0 Å². The lowest BCUT2D eigenvalue weighted by Crippen LogP contribution is -2.38. The first kappa shape index (κ1) is 13.1. The van der Waals surface area contributed by atoms with Crippen LogP contribution in [-0.2, 0) is 9.47 Å². The number of amides is 1. The molecule has 0 aliphatic heterocycles. The minimum absolute atomic E-state index is 0.420. The summed E-state index contributed by atoms with van der Waals surface area (Å²) in [6.07, 6.45) is -1.11. The fraction of sp³-hybridized carbons (Fsp3) is 0.857. The summed E-state index contributed by atoms with van der Waals surface area (Å²) in [5.74, 6) is 0. The molecule has 0 bridgehead atoms. The molecule has 1 amide bonds. The number of hydrazine groups is 1. The van der Waals surface area contributed by atoms with E-state index in [2.05, 4.69) is 5.43 Å². The molecule has 7 heteroatoms. The van der Waals surface area contributed by atoms with Gasteiger partial charge >= 0.3 is 6.09 Å². The number of carbonyl (C=O) groups is 1. The molecule has 7 nitrogen and oxygen atoms in total. The van der Waals surface area contributed by atoms with E-state index in [0.29, 0.717) is 39.5 Å². The molecule has 0 aromatic rings. The maximum atomic E-state index is 9.96. The normalized spacial score (nSPS) is 10.1. The Hall–Kier alpha value is -0.890. The molecule has 0 aliphatic rings. The maximum absolute atomic E-state index is 9.96. The fourth-order valence-corrected chi connectivity index (χ4v) is 0.667. The van der Waals surface area contributed by atoms with Crippen LogP contribution in [-0.4, -0.2) is 50.7 Å². The molecule has 0 saturated carbocycles. The van der Waals surface area contributed by atoms with Crippen LogP contribution in [0.2, 0.25) is 0 Å².